The number of nitrogens with zero attached hydrogens (tertiary/aromatic N) is 2. The largest absolute Gasteiger partial charge is 0.332 e. The number of fused-ring (bicyclic) bond motifs is 1. The Morgan fingerprint density at radius 2 is 2.27 bits per heavy atom. The fraction of sp³-hybridized carbons (Fsp3) is 0.529. The lowest BCUT2D eigenvalue weighted by atomic mass is 9.95. The minimum atomic E-state index is 0.0845. The predicted octanol–water partition coefficient (Wildman–Crippen LogP) is 3.79. The first-order valence-electron chi connectivity index (χ1n) is 8.17. The fourth-order valence-corrected chi connectivity index (χ4v) is 3.72. The summed E-state index contributed by atoms with van der Waals surface area (Å²) in [4.78, 5) is 16.1. The highest BCUT2D eigenvalue weighted by Crippen LogP contribution is 2.24. The monoisotopic (exact) mass is 317 g/mol. The molecule has 22 heavy (non-hydrogen) atoms. The van der Waals surface area contributed by atoms with Gasteiger partial charge in [0.1, 0.15) is 0 Å². The molecule has 0 bridgehead atoms. The van der Waals surface area contributed by atoms with E-state index in [2.05, 4.69) is 28.6 Å². The van der Waals surface area contributed by atoms with Gasteiger partial charge >= 0.3 is 0 Å². The Bertz CT molecular complexity index is 618. The molecule has 0 aliphatic heterocycles. The van der Waals surface area contributed by atoms with Gasteiger partial charge < -0.3 is 4.90 Å². The lowest BCUT2D eigenvalue weighted by Gasteiger charge is -2.22. The quantitative estimate of drug-likeness (QED) is 0.881. The number of H-pyrrole nitrogens is 1. The Balaban J connectivity index is 1.80. The van der Waals surface area contributed by atoms with Gasteiger partial charge in [-0.3, -0.25) is 9.89 Å². The standard InChI is InChI=1S/C17H23N3OS/c1-2-3-10-20(12-13-7-6-11-22-13)17(21)16-14-8-4-5-9-15(14)18-19-16/h6-7,11H,2-5,8-10,12H2,1H3,(H,18,19). The van der Waals surface area contributed by atoms with Crippen LogP contribution in [0.5, 0.6) is 0 Å². The highest BCUT2D eigenvalue weighted by atomic mass is 32.1. The van der Waals surface area contributed by atoms with E-state index in [-0.39, 0.29) is 5.91 Å². The topological polar surface area (TPSA) is 49.0 Å². The summed E-state index contributed by atoms with van der Waals surface area (Å²) >= 11 is 1.71. The van der Waals surface area contributed by atoms with Crippen LogP contribution < -0.4 is 0 Å². The summed E-state index contributed by atoms with van der Waals surface area (Å²) in [6.45, 7) is 3.65. The minimum Gasteiger partial charge on any atom is -0.332 e. The molecule has 0 saturated heterocycles. The molecule has 1 aliphatic rings. The molecule has 5 heteroatoms. The van der Waals surface area contributed by atoms with Gasteiger partial charge in [-0.2, -0.15) is 5.10 Å². The summed E-state index contributed by atoms with van der Waals surface area (Å²) in [6.07, 6.45) is 6.48. The van der Waals surface area contributed by atoms with E-state index in [1.54, 1.807) is 11.3 Å². The van der Waals surface area contributed by atoms with Crippen LogP contribution in [-0.4, -0.2) is 27.5 Å². The van der Waals surface area contributed by atoms with Crippen LogP contribution >= 0.6 is 11.3 Å². The van der Waals surface area contributed by atoms with E-state index in [9.17, 15) is 4.79 Å². The molecular weight excluding hydrogens is 294 g/mol. The van der Waals surface area contributed by atoms with E-state index in [0.29, 0.717) is 12.2 Å². The van der Waals surface area contributed by atoms with Crippen molar-refractivity contribution >= 4 is 17.2 Å². The van der Waals surface area contributed by atoms with Gasteiger partial charge in [0.15, 0.2) is 5.69 Å². The number of aryl methyl sites for hydroxylation is 1. The maximum Gasteiger partial charge on any atom is 0.274 e. The van der Waals surface area contributed by atoms with E-state index in [0.717, 1.165) is 44.2 Å². The molecule has 0 unspecified atom stereocenters. The van der Waals surface area contributed by atoms with Crippen molar-refractivity contribution in [2.24, 2.45) is 0 Å². The van der Waals surface area contributed by atoms with Crippen LogP contribution in [0.1, 0.15) is 59.2 Å². The molecule has 0 aromatic carbocycles. The first-order chi connectivity index (χ1) is 10.8. The van der Waals surface area contributed by atoms with Crippen LogP contribution in [0.15, 0.2) is 17.5 Å². The van der Waals surface area contributed by atoms with Crippen molar-refractivity contribution in [1.29, 1.82) is 0 Å². The summed E-state index contributed by atoms with van der Waals surface area (Å²) in [6, 6.07) is 4.13. The Morgan fingerprint density at radius 1 is 1.41 bits per heavy atom. The highest BCUT2D eigenvalue weighted by Gasteiger charge is 2.25. The molecule has 2 aromatic heterocycles. The fourth-order valence-electron chi connectivity index (χ4n) is 3.00. The second kappa shape index (κ2) is 7.09. The van der Waals surface area contributed by atoms with E-state index >= 15 is 0 Å². The van der Waals surface area contributed by atoms with Crippen molar-refractivity contribution < 1.29 is 4.79 Å². The Labute approximate surface area is 135 Å². The number of thiophene rings is 1. The molecule has 0 spiro atoms. The summed E-state index contributed by atoms with van der Waals surface area (Å²) in [5, 5.41) is 9.49. The van der Waals surface area contributed by atoms with Gasteiger partial charge in [-0.1, -0.05) is 19.4 Å². The molecule has 118 valence electrons. The molecule has 1 N–H and O–H groups in total. The number of hydrogen-bond acceptors (Lipinski definition) is 3. The summed E-state index contributed by atoms with van der Waals surface area (Å²) in [5.41, 5.74) is 2.98. The zero-order valence-electron chi connectivity index (χ0n) is 13.1. The molecule has 3 rings (SSSR count). The first-order valence-corrected chi connectivity index (χ1v) is 9.05. The summed E-state index contributed by atoms with van der Waals surface area (Å²) in [5.74, 6) is 0.0845. The van der Waals surface area contributed by atoms with Crippen LogP contribution in [0.3, 0.4) is 0 Å². The summed E-state index contributed by atoms with van der Waals surface area (Å²) < 4.78 is 0. The van der Waals surface area contributed by atoms with Gasteiger partial charge in [0.05, 0.1) is 6.54 Å². The minimum absolute atomic E-state index is 0.0845. The average molecular weight is 317 g/mol. The smallest absolute Gasteiger partial charge is 0.274 e. The number of rotatable bonds is 6. The van der Waals surface area contributed by atoms with Crippen LogP contribution in [0, 0.1) is 0 Å². The Kier molecular flexibility index (Phi) is 4.93. The molecule has 2 aromatic rings. The van der Waals surface area contributed by atoms with Crippen LogP contribution in [0.2, 0.25) is 0 Å². The van der Waals surface area contributed by atoms with Crippen molar-refractivity contribution in [2.75, 3.05) is 6.54 Å². The van der Waals surface area contributed by atoms with Gasteiger partial charge in [-0.25, -0.2) is 0 Å². The van der Waals surface area contributed by atoms with Crippen molar-refractivity contribution in [3.63, 3.8) is 0 Å². The van der Waals surface area contributed by atoms with Gasteiger partial charge in [-0.05, 0) is 43.6 Å². The van der Waals surface area contributed by atoms with Crippen LogP contribution in [0.4, 0.5) is 0 Å². The molecule has 0 saturated carbocycles. The van der Waals surface area contributed by atoms with Crippen molar-refractivity contribution in [3.8, 4) is 0 Å². The molecule has 0 radical (unpaired) electrons. The summed E-state index contributed by atoms with van der Waals surface area (Å²) in [7, 11) is 0. The molecule has 4 nitrogen and oxygen atoms in total. The second-order valence-electron chi connectivity index (χ2n) is 5.90. The number of unbranched alkanes of at least 4 members (excludes halogenated alkanes) is 1. The van der Waals surface area contributed by atoms with Gasteiger partial charge in [0.2, 0.25) is 0 Å². The van der Waals surface area contributed by atoms with Gasteiger partial charge in [-0.15, -0.1) is 11.3 Å². The van der Waals surface area contributed by atoms with E-state index < -0.39 is 0 Å². The van der Waals surface area contributed by atoms with Crippen molar-refractivity contribution in [2.45, 2.75) is 52.0 Å². The third-order valence-corrected chi connectivity index (χ3v) is 5.12. The number of aromatic nitrogens is 2. The lowest BCUT2D eigenvalue weighted by molar-refractivity contribution is 0.0735. The first kappa shape index (κ1) is 15.3. The van der Waals surface area contributed by atoms with Crippen molar-refractivity contribution in [1.82, 2.24) is 15.1 Å². The number of aromatic amines is 1. The highest BCUT2D eigenvalue weighted by molar-refractivity contribution is 7.09. The zero-order valence-corrected chi connectivity index (χ0v) is 13.9. The molecule has 0 fully saturated rings. The zero-order chi connectivity index (χ0) is 15.4. The molecule has 1 aliphatic carbocycles. The number of carbonyl (C=O) groups is 1. The third-order valence-electron chi connectivity index (χ3n) is 4.25. The third kappa shape index (κ3) is 3.24. The van der Waals surface area contributed by atoms with E-state index in [1.165, 1.54) is 17.0 Å². The normalized spacial score (nSPS) is 13.9. The predicted molar refractivity (Wildman–Crippen MR) is 89.2 cm³/mol. The molecule has 2 heterocycles. The lowest BCUT2D eigenvalue weighted by Crippen LogP contribution is -2.32. The second-order valence-corrected chi connectivity index (χ2v) is 6.93. The Morgan fingerprint density at radius 3 is 3.05 bits per heavy atom. The molecular formula is C17H23N3OS. The Hall–Kier alpha value is -1.62. The van der Waals surface area contributed by atoms with Gasteiger partial charge in [0, 0.05) is 22.7 Å². The average Bonchev–Trinajstić information content (AvgIpc) is 3.20. The van der Waals surface area contributed by atoms with E-state index in [4.69, 9.17) is 0 Å². The van der Waals surface area contributed by atoms with Crippen LogP contribution in [0.25, 0.3) is 0 Å². The van der Waals surface area contributed by atoms with Crippen molar-refractivity contribution in [3.05, 3.63) is 39.3 Å². The number of carbonyl (C=O) groups excluding carboxylic acids is 1. The number of amides is 1. The van der Waals surface area contributed by atoms with Crippen LogP contribution in [-0.2, 0) is 19.4 Å². The maximum atomic E-state index is 13.0. The maximum absolute atomic E-state index is 13.0. The number of nitrogens with one attached hydrogen (secondary N) is 1. The molecule has 1 amide bonds. The number of hydrogen-bond donors (Lipinski definition) is 1. The van der Waals surface area contributed by atoms with Gasteiger partial charge in [0.25, 0.3) is 5.91 Å². The van der Waals surface area contributed by atoms with E-state index in [1.807, 2.05) is 11.0 Å². The molecule has 0 atom stereocenters. The SMILES string of the molecule is CCCCN(Cc1cccs1)C(=O)c1n[nH]c2c1CCCC2.